The van der Waals surface area contributed by atoms with Crippen LogP contribution in [0.1, 0.15) is 17.7 Å². The molecular formula is C20H17BrN4O2. The lowest BCUT2D eigenvalue weighted by Gasteiger charge is -2.11. The van der Waals surface area contributed by atoms with Gasteiger partial charge in [0.05, 0.1) is 17.1 Å². The molecule has 27 heavy (non-hydrogen) atoms. The Morgan fingerprint density at radius 1 is 1.19 bits per heavy atom. The molecule has 1 amide bonds. The fourth-order valence-electron chi connectivity index (χ4n) is 2.92. The first-order chi connectivity index (χ1) is 13.1. The lowest BCUT2D eigenvalue weighted by molar-refractivity contribution is -0.125. The molecule has 1 atom stereocenters. The Morgan fingerprint density at radius 2 is 2.00 bits per heavy atom. The molecule has 1 aliphatic rings. The van der Waals surface area contributed by atoms with Crippen LogP contribution in [0.2, 0.25) is 0 Å². The molecule has 0 saturated carbocycles. The zero-order chi connectivity index (χ0) is 18.8. The van der Waals surface area contributed by atoms with Crippen molar-refractivity contribution in [3.63, 3.8) is 0 Å². The molecule has 0 spiro atoms. The number of aryl methyl sites for hydroxylation is 1. The summed E-state index contributed by atoms with van der Waals surface area (Å²) in [6, 6.07) is 19.3. The Hall–Kier alpha value is -2.93. The third kappa shape index (κ3) is 3.78. The van der Waals surface area contributed by atoms with E-state index in [0.717, 1.165) is 27.1 Å². The Bertz CT molecular complexity index is 1010. The summed E-state index contributed by atoms with van der Waals surface area (Å²) in [6.45, 7) is 1.88. The SMILES string of the molecule is Cc1cc(NC(=O)[C@@H]2CC(c3cccc(Br)c3)=NO2)n(-c2ccccc2)n1. The fourth-order valence-corrected chi connectivity index (χ4v) is 3.32. The second-order valence-electron chi connectivity index (χ2n) is 6.25. The van der Waals surface area contributed by atoms with Gasteiger partial charge in [-0.1, -0.05) is 51.4 Å². The van der Waals surface area contributed by atoms with Gasteiger partial charge >= 0.3 is 0 Å². The molecule has 1 aliphatic heterocycles. The van der Waals surface area contributed by atoms with Crippen molar-refractivity contribution in [2.75, 3.05) is 5.32 Å². The smallest absolute Gasteiger partial charge is 0.269 e. The van der Waals surface area contributed by atoms with Crippen LogP contribution in [0.3, 0.4) is 0 Å². The van der Waals surface area contributed by atoms with Gasteiger partial charge in [-0.15, -0.1) is 0 Å². The summed E-state index contributed by atoms with van der Waals surface area (Å²) in [7, 11) is 0. The summed E-state index contributed by atoms with van der Waals surface area (Å²) in [4.78, 5) is 18.1. The number of amides is 1. The first kappa shape index (κ1) is 17.5. The molecular weight excluding hydrogens is 408 g/mol. The third-order valence-corrected chi connectivity index (χ3v) is 4.70. The van der Waals surface area contributed by atoms with E-state index in [0.29, 0.717) is 12.2 Å². The second kappa shape index (κ2) is 7.36. The van der Waals surface area contributed by atoms with Crippen LogP contribution in [0.25, 0.3) is 5.69 Å². The number of halogens is 1. The zero-order valence-electron chi connectivity index (χ0n) is 14.6. The van der Waals surface area contributed by atoms with E-state index in [2.05, 4.69) is 31.5 Å². The van der Waals surface area contributed by atoms with Gasteiger partial charge < -0.3 is 10.2 Å². The highest BCUT2D eigenvalue weighted by atomic mass is 79.9. The van der Waals surface area contributed by atoms with Gasteiger partial charge in [-0.2, -0.15) is 5.10 Å². The van der Waals surface area contributed by atoms with Crippen LogP contribution in [0, 0.1) is 6.92 Å². The average molecular weight is 425 g/mol. The topological polar surface area (TPSA) is 68.5 Å². The van der Waals surface area contributed by atoms with Crippen LogP contribution in [-0.2, 0) is 9.63 Å². The summed E-state index contributed by atoms with van der Waals surface area (Å²) >= 11 is 3.45. The van der Waals surface area contributed by atoms with E-state index >= 15 is 0 Å². The van der Waals surface area contributed by atoms with E-state index in [9.17, 15) is 4.79 Å². The summed E-state index contributed by atoms with van der Waals surface area (Å²) < 4.78 is 2.66. The van der Waals surface area contributed by atoms with Crippen LogP contribution >= 0.6 is 15.9 Å². The Labute approximate surface area is 165 Å². The number of rotatable bonds is 4. The molecule has 2 heterocycles. The Morgan fingerprint density at radius 3 is 2.78 bits per heavy atom. The van der Waals surface area contributed by atoms with Crippen molar-refractivity contribution < 1.29 is 9.63 Å². The summed E-state index contributed by atoms with van der Waals surface area (Å²) in [5.41, 5.74) is 3.38. The highest BCUT2D eigenvalue weighted by Gasteiger charge is 2.29. The summed E-state index contributed by atoms with van der Waals surface area (Å²) in [6.07, 6.45) is -0.251. The predicted molar refractivity (Wildman–Crippen MR) is 107 cm³/mol. The maximum absolute atomic E-state index is 12.7. The van der Waals surface area contributed by atoms with Gasteiger partial charge in [-0.05, 0) is 31.2 Å². The minimum absolute atomic E-state index is 0.249. The maximum Gasteiger partial charge on any atom is 0.269 e. The standard InChI is InChI=1S/C20H17BrN4O2/c1-13-10-19(25(23-13)16-8-3-2-4-9-16)22-20(26)18-12-17(24-27-18)14-6-5-7-15(21)11-14/h2-11,18H,12H2,1H3,(H,22,26)/t18-/m0/s1. The molecule has 2 aromatic carbocycles. The Balaban J connectivity index is 1.48. The van der Waals surface area contributed by atoms with Crippen molar-refractivity contribution >= 4 is 33.4 Å². The zero-order valence-corrected chi connectivity index (χ0v) is 16.2. The molecule has 136 valence electrons. The average Bonchev–Trinajstić information content (AvgIpc) is 3.29. The van der Waals surface area contributed by atoms with Crippen LogP contribution in [0.15, 0.2) is 70.3 Å². The van der Waals surface area contributed by atoms with E-state index in [-0.39, 0.29) is 5.91 Å². The van der Waals surface area contributed by atoms with Crippen molar-refractivity contribution in [3.8, 4) is 5.69 Å². The molecule has 0 saturated heterocycles. The first-order valence-electron chi connectivity index (χ1n) is 8.52. The molecule has 1 N–H and O–H groups in total. The van der Waals surface area contributed by atoms with Gasteiger partial charge in [-0.3, -0.25) is 4.79 Å². The number of oxime groups is 1. The van der Waals surface area contributed by atoms with Gasteiger partial charge in [0.1, 0.15) is 5.82 Å². The lowest BCUT2D eigenvalue weighted by atomic mass is 10.0. The molecule has 6 nitrogen and oxygen atoms in total. The second-order valence-corrected chi connectivity index (χ2v) is 7.17. The molecule has 4 rings (SSSR count). The monoisotopic (exact) mass is 424 g/mol. The van der Waals surface area contributed by atoms with Gasteiger partial charge in [0.15, 0.2) is 0 Å². The van der Waals surface area contributed by atoms with Crippen LogP contribution in [0.5, 0.6) is 0 Å². The van der Waals surface area contributed by atoms with Gasteiger partial charge in [-0.25, -0.2) is 4.68 Å². The summed E-state index contributed by atoms with van der Waals surface area (Å²) in [5, 5.41) is 11.5. The number of para-hydroxylation sites is 1. The van der Waals surface area contributed by atoms with Gasteiger partial charge in [0.2, 0.25) is 6.10 Å². The van der Waals surface area contributed by atoms with Crippen molar-refractivity contribution in [1.82, 2.24) is 9.78 Å². The largest absolute Gasteiger partial charge is 0.382 e. The normalized spacial score (nSPS) is 15.9. The highest BCUT2D eigenvalue weighted by Crippen LogP contribution is 2.22. The van der Waals surface area contributed by atoms with Crippen molar-refractivity contribution in [1.29, 1.82) is 0 Å². The molecule has 0 bridgehead atoms. The first-order valence-corrected chi connectivity index (χ1v) is 9.31. The number of carbonyl (C=O) groups excluding carboxylic acids is 1. The molecule has 0 aliphatic carbocycles. The Kier molecular flexibility index (Phi) is 4.77. The summed E-state index contributed by atoms with van der Waals surface area (Å²) in [5.74, 6) is 0.351. The van der Waals surface area contributed by atoms with Crippen molar-refractivity contribution in [2.45, 2.75) is 19.4 Å². The number of nitrogens with zero attached hydrogens (tertiary/aromatic N) is 3. The molecule has 0 fully saturated rings. The van der Waals surface area contributed by atoms with E-state index in [1.54, 1.807) is 4.68 Å². The predicted octanol–water partition coefficient (Wildman–Crippen LogP) is 4.07. The molecule has 1 aromatic heterocycles. The maximum atomic E-state index is 12.7. The van der Waals surface area contributed by atoms with Gasteiger partial charge in [0, 0.05) is 22.5 Å². The van der Waals surface area contributed by atoms with E-state index < -0.39 is 6.10 Å². The molecule has 7 heteroatoms. The number of hydrogen-bond acceptors (Lipinski definition) is 4. The van der Waals surface area contributed by atoms with Crippen LogP contribution in [-0.4, -0.2) is 27.5 Å². The fraction of sp³-hybridized carbons (Fsp3) is 0.150. The minimum Gasteiger partial charge on any atom is -0.382 e. The van der Waals surface area contributed by atoms with Crippen LogP contribution < -0.4 is 5.32 Å². The molecule has 0 unspecified atom stereocenters. The number of aromatic nitrogens is 2. The number of carbonyl (C=O) groups is 1. The van der Waals surface area contributed by atoms with E-state index in [4.69, 9.17) is 4.84 Å². The third-order valence-electron chi connectivity index (χ3n) is 4.20. The number of benzene rings is 2. The minimum atomic E-state index is -0.668. The van der Waals surface area contributed by atoms with Crippen molar-refractivity contribution in [3.05, 3.63) is 76.4 Å². The molecule has 3 aromatic rings. The van der Waals surface area contributed by atoms with Gasteiger partial charge in [0.25, 0.3) is 5.91 Å². The van der Waals surface area contributed by atoms with Crippen molar-refractivity contribution in [2.24, 2.45) is 5.16 Å². The number of nitrogens with one attached hydrogen (secondary N) is 1. The number of anilines is 1. The quantitative estimate of drug-likeness (QED) is 0.685. The highest BCUT2D eigenvalue weighted by molar-refractivity contribution is 9.10. The number of hydrogen-bond donors (Lipinski definition) is 1. The van der Waals surface area contributed by atoms with E-state index in [1.165, 1.54) is 0 Å². The van der Waals surface area contributed by atoms with E-state index in [1.807, 2.05) is 67.6 Å². The lowest BCUT2D eigenvalue weighted by Crippen LogP contribution is -2.29. The van der Waals surface area contributed by atoms with Crippen LogP contribution in [0.4, 0.5) is 5.82 Å². The molecule has 0 radical (unpaired) electrons.